The van der Waals surface area contributed by atoms with E-state index in [0.29, 0.717) is 37.8 Å². The molecule has 25 heavy (non-hydrogen) atoms. The fourth-order valence-electron chi connectivity index (χ4n) is 3.02. The Labute approximate surface area is 150 Å². The van der Waals surface area contributed by atoms with E-state index in [9.17, 15) is 4.79 Å². The van der Waals surface area contributed by atoms with Crippen LogP contribution in [-0.2, 0) is 6.42 Å². The first-order valence-corrected chi connectivity index (χ1v) is 9.47. The molecule has 0 spiro atoms. The van der Waals surface area contributed by atoms with Crippen molar-refractivity contribution in [2.75, 3.05) is 19.8 Å². The topological polar surface area (TPSA) is 86.5 Å². The van der Waals surface area contributed by atoms with E-state index in [2.05, 4.69) is 10.3 Å². The predicted molar refractivity (Wildman–Crippen MR) is 95.2 cm³/mol. The lowest BCUT2D eigenvalue weighted by Crippen LogP contribution is -2.30. The summed E-state index contributed by atoms with van der Waals surface area (Å²) in [6.45, 7) is 1.67. The maximum Gasteiger partial charge on any atom is 0.271 e. The summed E-state index contributed by atoms with van der Waals surface area (Å²) in [5.74, 6) is 1.85. The van der Waals surface area contributed by atoms with Gasteiger partial charge in [0, 0.05) is 11.8 Å². The number of nitrogens with two attached hydrogens (primary N) is 1. The Hall–Kier alpha value is -2.12. The van der Waals surface area contributed by atoms with Crippen LogP contribution in [0.1, 0.15) is 39.9 Å². The highest BCUT2D eigenvalue weighted by molar-refractivity contribution is 7.09. The summed E-state index contributed by atoms with van der Waals surface area (Å²) >= 11 is 1.48. The van der Waals surface area contributed by atoms with Crippen LogP contribution in [0.2, 0.25) is 0 Å². The van der Waals surface area contributed by atoms with Crippen LogP contribution in [0.25, 0.3) is 0 Å². The average Bonchev–Trinajstić information content (AvgIpc) is 3.37. The minimum Gasteiger partial charge on any atom is -0.486 e. The Bertz CT molecular complexity index is 773. The molecule has 1 saturated carbocycles. The zero-order chi connectivity index (χ0) is 17.2. The molecule has 0 saturated heterocycles. The van der Waals surface area contributed by atoms with E-state index in [1.165, 1.54) is 11.3 Å². The van der Waals surface area contributed by atoms with Crippen molar-refractivity contribution in [1.29, 1.82) is 0 Å². The van der Waals surface area contributed by atoms with Gasteiger partial charge in [-0.3, -0.25) is 4.79 Å². The zero-order valence-electron chi connectivity index (χ0n) is 13.9. The van der Waals surface area contributed by atoms with Crippen molar-refractivity contribution in [2.45, 2.75) is 25.3 Å². The van der Waals surface area contributed by atoms with Gasteiger partial charge >= 0.3 is 0 Å². The van der Waals surface area contributed by atoms with E-state index in [4.69, 9.17) is 15.2 Å². The molecule has 0 radical (unpaired) electrons. The third-order valence-electron chi connectivity index (χ3n) is 4.45. The molecule has 6 nitrogen and oxygen atoms in total. The van der Waals surface area contributed by atoms with Crippen LogP contribution < -0.4 is 20.5 Å². The molecule has 0 bridgehead atoms. The lowest BCUT2D eigenvalue weighted by Gasteiger charge is -2.22. The van der Waals surface area contributed by atoms with Gasteiger partial charge in [-0.2, -0.15) is 0 Å². The van der Waals surface area contributed by atoms with Crippen molar-refractivity contribution in [3.63, 3.8) is 0 Å². The van der Waals surface area contributed by atoms with E-state index in [0.717, 1.165) is 34.9 Å². The normalized spacial score (nSPS) is 17.2. The largest absolute Gasteiger partial charge is 0.486 e. The number of aromatic nitrogens is 1. The second-order valence-electron chi connectivity index (χ2n) is 6.36. The number of hydrogen-bond acceptors (Lipinski definition) is 6. The highest BCUT2D eigenvalue weighted by Gasteiger charge is 2.34. The van der Waals surface area contributed by atoms with Crippen LogP contribution >= 0.6 is 11.3 Å². The van der Waals surface area contributed by atoms with Gasteiger partial charge < -0.3 is 20.5 Å². The number of rotatable bonds is 6. The third-order valence-corrected chi connectivity index (χ3v) is 5.36. The monoisotopic (exact) mass is 359 g/mol. The average molecular weight is 359 g/mol. The van der Waals surface area contributed by atoms with Gasteiger partial charge in [-0.05, 0) is 43.0 Å². The Morgan fingerprint density at radius 3 is 2.88 bits per heavy atom. The van der Waals surface area contributed by atoms with E-state index >= 15 is 0 Å². The summed E-state index contributed by atoms with van der Waals surface area (Å²) in [7, 11) is 0. The van der Waals surface area contributed by atoms with Crippen molar-refractivity contribution in [3.05, 3.63) is 39.8 Å². The number of benzene rings is 1. The van der Waals surface area contributed by atoms with Gasteiger partial charge in [-0.25, -0.2) is 4.98 Å². The van der Waals surface area contributed by atoms with Crippen LogP contribution in [-0.4, -0.2) is 30.6 Å². The van der Waals surface area contributed by atoms with Crippen LogP contribution in [0.4, 0.5) is 0 Å². The van der Waals surface area contributed by atoms with E-state index in [-0.39, 0.29) is 11.9 Å². The molecule has 1 fully saturated rings. The number of carbonyl (C=O) groups is 1. The van der Waals surface area contributed by atoms with Gasteiger partial charge in [0.2, 0.25) is 0 Å². The minimum absolute atomic E-state index is 0.0250. The SMILES string of the molecule is NCCc1nc(C(=O)NC(c2ccc3c(c2)OCCO3)C2CC2)cs1. The second-order valence-corrected chi connectivity index (χ2v) is 7.30. The van der Waals surface area contributed by atoms with Crippen molar-refractivity contribution >= 4 is 17.2 Å². The number of thiazole rings is 1. The Morgan fingerprint density at radius 1 is 1.32 bits per heavy atom. The zero-order valence-corrected chi connectivity index (χ0v) is 14.7. The van der Waals surface area contributed by atoms with Gasteiger partial charge in [-0.15, -0.1) is 11.3 Å². The van der Waals surface area contributed by atoms with Gasteiger partial charge in [0.05, 0.1) is 11.0 Å². The molecular weight excluding hydrogens is 338 g/mol. The van der Waals surface area contributed by atoms with Crippen LogP contribution in [0, 0.1) is 5.92 Å². The van der Waals surface area contributed by atoms with Gasteiger partial charge in [-0.1, -0.05) is 6.07 Å². The second kappa shape index (κ2) is 7.01. The van der Waals surface area contributed by atoms with Gasteiger partial charge in [0.25, 0.3) is 5.91 Å². The Balaban J connectivity index is 1.52. The maximum atomic E-state index is 12.6. The maximum absolute atomic E-state index is 12.6. The van der Waals surface area contributed by atoms with Crippen LogP contribution in [0.15, 0.2) is 23.6 Å². The molecule has 7 heteroatoms. The summed E-state index contributed by atoms with van der Waals surface area (Å²) in [5, 5.41) is 5.85. The molecule has 1 aromatic carbocycles. The van der Waals surface area contributed by atoms with Gasteiger partial charge in [0.1, 0.15) is 18.9 Å². The number of amides is 1. The summed E-state index contributed by atoms with van der Waals surface area (Å²) in [4.78, 5) is 17.0. The lowest BCUT2D eigenvalue weighted by atomic mass is 10.0. The number of hydrogen-bond donors (Lipinski definition) is 2. The molecule has 132 valence electrons. The number of ether oxygens (including phenoxy) is 2. The standard InChI is InChI=1S/C18H21N3O3S/c19-6-5-16-20-13(10-25-16)18(22)21-17(11-1-2-11)12-3-4-14-15(9-12)24-8-7-23-14/h3-4,9-11,17H,1-2,5-8,19H2,(H,21,22). The van der Waals surface area contributed by atoms with Gasteiger partial charge in [0.15, 0.2) is 11.5 Å². The molecule has 1 aliphatic carbocycles. The Morgan fingerprint density at radius 2 is 2.12 bits per heavy atom. The fourth-order valence-corrected chi connectivity index (χ4v) is 3.82. The number of nitrogens with one attached hydrogen (secondary N) is 1. The van der Waals surface area contributed by atoms with Crippen molar-refractivity contribution in [2.24, 2.45) is 11.7 Å². The molecule has 1 aromatic heterocycles. The van der Waals surface area contributed by atoms with Crippen LogP contribution in [0.3, 0.4) is 0 Å². The number of nitrogens with zero attached hydrogens (tertiary/aromatic N) is 1. The quantitative estimate of drug-likeness (QED) is 0.826. The lowest BCUT2D eigenvalue weighted by molar-refractivity contribution is 0.0927. The fraction of sp³-hybridized carbons (Fsp3) is 0.444. The first-order valence-electron chi connectivity index (χ1n) is 8.59. The number of carbonyl (C=O) groups excluding carboxylic acids is 1. The molecule has 3 N–H and O–H groups in total. The minimum atomic E-state index is -0.133. The molecule has 2 aromatic rings. The molecule has 1 unspecified atom stereocenters. The summed E-state index contributed by atoms with van der Waals surface area (Å²) in [6.07, 6.45) is 2.94. The summed E-state index contributed by atoms with van der Waals surface area (Å²) < 4.78 is 11.3. The van der Waals surface area contributed by atoms with E-state index < -0.39 is 0 Å². The highest BCUT2D eigenvalue weighted by Crippen LogP contribution is 2.43. The van der Waals surface area contributed by atoms with Crippen molar-refractivity contribution in [3.8, 4) is 11.5 Å². The molecule has 1 aliphatic heterocycles. The Kier molecular flexibility index (Phi) is 4.59. The molecular formula is C18H21N3O3S. The molecule has 4 rings (SSSR count). The first-order chi connectivity index (χ1) is 12.2. The van der Waals surface area contributed by atoms with E-state index in [1.807, 2.05) is 18.2 Å². The third kappa shape index (κ3) is 3.62. The molecule has 1 atom stereocenters. The smallest absolute Gasteiger partial charge is 0.271 e. The predicted octanol–water partition coefficient (Wildman–Crippen LogP) is 2.30. The first kappa shape index (κ1) is 16.4. The van der Waals surface area contributed by atoms with Crippen molar-refractivity contribution < 1.29 is 14.3 Å². The molecule has 2 aliphatic rings. The summed E-state index contributed by atoms with van der Waals surface area (Å²) in [6, 6.07) is 5.90. The van der Waals surface area contributed by atoms with E-state index in [1.54, 1.807) is 5.38 Å². The summed E-state index contributed by atoms with van der Waals surface area (Å²) in [5.41, 5.74) is 7.07. The molecule has 1 amide bonds. The highest BCUT2D eigenvalue weighted by atomic mass is 32.1. The number of fused-ring (bicyclic) bond motifs is 1. The van der Waals surface area contributed by atoms with Crippen molar-refractivity contribution in [1.82, 2.24) is 10.3 Å². The molecule has 2 heterocycles. The van der Waals surface area contributed by atoms with Crippen LogP contribution in [0.5, 0.6) is 11.5 Å².